The molecule has 0 aromatic heterocycles. The van der Waals surface area contributed by atoms with Crippen LogP contribution in [-0.2, 0) is 17.2 Å². The van der Waals surface area contributed by atoms with Gasteiger partial charge in [-0.05, 0) is 24.1 Å². The highest BCUT2D eigenvalue weighted by Gasteiger charge is 1.94. The molecule has 1 nitrogen and oxygen atoms in total. The quantitative estimate of drug-likeness (QED) is 0.801. The highest BCUT2D eigenvalue weighted by molar-refractivity contribution is 9.10. The molecule has 3 heteroatoms. The van der Waals surface area contributed by atoms with E-state index in [4.69, 9.17) is 0 Å². The Kier molecular flexibility index (Phi) is 3.95. The van der Waals surface area contributed by atoms with Crippen molar-refractivity contribution in [1.29, 1.82) is 0 Å². The predicted octanol–water partition coefficient (Wildman–Crippen LogP) is 2.37. The van der Waals surface area contributed by atoms with Crippen molar-refractivity contribution in [1.82, 2.24) is 0 Å². The first-order valence-corrected chi connectivity index (χ1v) is 6.25. The van der Waals surface area contributed by atoms with E-state index in [-0.39, 0.29) is 0 Å². The summed E-state index contributed by atoms with van der Waals surface area (Å²) in [7, 11) is -0.683. The first-order chi connectivity index (χ1) is 5.68. The topological polar surface area (TPSA) is 17.1 Å². The van der Waals surface area contributed by atoms with Gasteiger partial charge in [0, 0.05) is 27.3 Å². The summed E-state index contributed by atoms with van der Waals surface area (Å²) in [6.07, 6.45) is 2.63. The van der Waals surface area contributed by atoms with E-state index in [0.717, 1.165) is 16.6 Å². The van der Waals surface area contributed by atoms with Crippen molar-refractivity contribution in [2.24, 2.45) is 0 Å². The Bertz CT molecular complexity index is 268. The zero-order valence-electron chi connectivity index (χ0n) is 6.92. The maximum absolute atomic E-state index is 10.8. The van der Waals surface area contributed by atoms with Crippen molar-refractivity contribution in [3.63, 3.8) is 0 Å². The van der Waals surface area contributed by atoms with Crippen LogP contribution in [0.3, 0.4) is 0 Å². The van der Waals surface area contributed by atoms with Crippen molar-refractivity contribution in [3.8, 4) is 0 Å². The van der Waals surface area contributed by atoms with Crippen LogP contribution in [0, 0.1) is 0 Å². The zero-order chi connectivity index (χ0) is 8.97. The lowest BCUT2D eigenvalue weighted by atomic mass is 10.2. The van der Waals surface area contributed by atoms with Crippen molar-refractivity contribution in [3.05, 3.63) is 34.3 Å². The van der Waals surface area contributed by atoms with Crippen molar-refractivity contribution in [2.45, 2.75) is 6.42 Å². The fourth-order valence-electron chi connectivity index (χ4n) is 0.913. The number of hydrogen-bond donors (Lipinski definition) is 0. The summed E-state index contributed by atoms with van der Waals surface area (Å²) in [5.41, 5.74) is 1.24. The van der Waals surface area contributed by atoms with Crippen LogP contribution in [0.4, 0.5) is 0 Å². The van der Waals surface area contributed by atoms with Crippen LogP contribution in [0.15, 0.2) is 28.7 Å². The molecule has 0 amide bonds. The molecule has 1 aromatic rings. The van der Waals surface area contributed by atoms with Crippen molar-refractivity contribution >= 4 is 26.7 Å². The molecule has 0 spiro atoms. The number of rotatable bonds is 3. The van der Waals surface area contributed by atoms with E-state index < -0.39 is 10.8 Å². The van der Waals surface area contributed by atoms with Gasteiger partial charge in [-0.3, -0.25) is 4.21 Å². The Morgan fingerprint density at radius 2 is 1.92 bits per heavy atom. The predicted molar refractivity (Wildman–Crippen MR) is 56.8 cm³/mol. The lowest BCUT2D eigenvalue weighted by Gasteiger charge is -1.98. The highest BCUT2D eigenvalue weighted by Crippen LogP contribution is 2.10. The van der Waals surface area contributed by atoms with Crippen molar-refractivity contribution in [2.75, 3.05) is 12.0 Å². The molecule has 12 heavy (non-hydrogen) atoms. The van der Waals surface area contributed by atoms with Gasteiger partial charge >= 0.3 is 0 Å². The van der Waals surface area contributed by atoms with Crippen LogP contribution in [0.1, 0.15) is 5.56 Å². The Hall–Kier alpha value is -0.150. The van der Waals surface area contributed by atoms with Crippen LogP contribution in [-0.4, -0.2) is 16.2 Å². The Labute approximate surface area is 83.8 Å². The number of hydrogen-bond acceptors (Lipinski definition) is 1. The van der Waals surface area contributed by atoms with Crippen molar-refractivity contribution < 1.29 is 4.21 Å². The summed E-state index contributed by atoms with van der Waals surface area (Å²) in [6.45, 7) is 0. The number of halogens is 1. The minimum atomic E-state index is -0.683. The van der Waals surface area contributed by atoms with Gasteiger partial charge in [-0.25, -0.2) is 0 Å². The molecule has 0 aliphatic rings. The summed E-state index contributed by atoms with van der Waals surface area (Å²) < 4.78 is 11.9. The van der Waals surface area contributed by atoms with E-state index in [9.17, 15) is 4.21 Å². The molecular weight excluding hydrogens is 236 g/mol. The standard InChI is InChI=1S/C9H11BrOS/c1-12(11)7-6-8-2-4-9(10)5-3-8/h2-5H,6-7H2,1H3. The van der Waals surface area contributed by atoms with Crippen LogP contribution in [0.5, 0.6) is 0 Å². The average Bonchev–Trinajstić information content (AvgIpc) is 2.03. The minimum Gasteiger partial charge on any atom is -0.260 e. The first kappa shape index (κ1) is 9.93. The molecule has 0 fully saturated rings. The van der Waals surface area contributed by atoms with Gasteiger partial charge < -0.3 is 0 Å². The Morgan fingerprint density at radius 3 is 2.42 bits per heavy atom. The normalized spacial score (nSPS) is 12.8. The first-order valence-electron chi connectivity index (χ1n) is 3.73. The van der Waals surface area contributed by atoms with E-state index in [2.05, 4.69) is 28.1 Å². The maximum Gasteiger partial charge on any atom is 0.0272 e. The van der Waals surface area contributed by atoms with E-state index in [0.29, 0.717) is 0 Å². The van der Waals surface area contributed by atoms with Crippen LogP contribution in [0.2, 0.25) is 0 Å². The Balaban J connectivity index is 2.53. The maximum atomic E-state index is 10.8. The van der Waals surface area contributed by atoms with E-state index >= 15 is 0 Å². The molecule has 1 aromatic carbocycles. The van der Waals surface area contributed by atoms with Gasteiger partial charge in [-0.15, -0.1) is 0 Å². The zero-order valence-corrected chi connectivity index (χ0v) is 9.32. The fourth-order valence-corrected chi connectivity index (χ4v) is 1.70. The van der Waals surface area contributed by atoms with Gasteiger partial charge in [-0.1, -0.05) is 28.1 Å². The van der Waals surface area contributed by atoms with Gasteiger partial charge in [0.05, 0.1) is 0 Å². The molecule has 1 atom stereocenters. The third-order valence-corrected chi connectivity index (χ3v) is 2.90. The molecule has 0 aliphatic heterocycles. The van der Waals surface area contributed by atoms with Gasteiger partial charge in [0.2, 0.25) is 0 Å². The summed E-state index contributed by atoms with van der Waals surface area (Å²) >= 11 is 3.37. The molecule has 0 bridgehead atoms. The molecule has 0 saturated carbocycles. The lowest BCUT2D eigenvalue weighted by molar-refractivity contribution is 0.686. The van der Waals surface area contributed by atoms with Crippen LogP contribution < -0.4 is 0 Å². The second-order valence-electron chi connectivity index (χ2n) is 2.65. The number of benzene rings is 1. The molecule has 0 heterocycles. The Morgan fingerprint density at radius 1 is 1.33 bits per heavy atom. The molecule has 0 N–H and O–H groups in total. The summed E-state index contributed by atoms with van der Waals surface area (Å²) in [5.74, 6) is 0.752. The van der Waals surface area contributed by atoms with Crippen LogP contribution in [0.25, 0.3) is 0 Å². The second-order valence-corrected chi connectivity index (χ2v) is 5.12. The van der Waals surface area contributed by atoms with E-state index in [1.165, 1.54) is 5.56 Å². The summed E-state index contributed by atoms with van der Waals surface area (Å²) in [5, 5.41) is 0. The number of aryl methyl sites for hydroxylation is 1. The van der Waals surface area contributed by atoms with Gasteiger partial charge in [0.25, 0.3) is 0 Å². The molecule has 0 aliphatic carbocycles. The smallest absolute Gasteiger partial charge is 0.0272 e. The lowest BCUT2D eigenvalue weighted by Crippen LogP contribution is -1.97. The van der Waals surface area contributed by atoms with Gasteiger partial charge in [0.1, 0.15) is 0 Å². The SMILES string of the molecule is CS(=O)CCc1ccc(Br)cc1. The van der Waals surface area contributed by atoms with E-state index in [1.54, 1.807) is 6.26 Å². The van der Waals surface area contributed by atoms with E-state index in [1.807, 2.05) is 12.1 Å². The molecule has 1 rings (SSSR count). The summed E-state index contributed by atoms with van der Waals surface area (Å²) in [6, 6.07) is 8.12. The monoisotopic (exact) mass is 246 g/mol. The minimum absolute atomic E-state index is 0.683. The molecule has 66 valence electrons. The summed E-state index contributed by atoms with van der Waals surface area (Å²) in [4.78, 5) is 0. The molecular formula is C9H11BrOS. The second kappa shape index (κ2) is 4.77. The molecule has 0 radical (unpaired) electrons. The highest BCUT2D eigenvalue weighted by atomic mass is 79.9. The fraction of sp³-hybridized carbons (Fsp3) is 0.333. The molecule has 0 saturated heterocycles. The van der Waals surface area contributed by atoms with Crippen LogP contribution >= 0.6 is 15.9 Å². The largest absolute Gasteiger partial charge is 0.260 e. The van der Waals surface area contributed by atoms with Gasteiger partial charge in [0.15, 0.2) is 0 Å². The molecule has 1 unspecified atom stereocenters. The average molecular weight is 247 g/mol. The van der Waals surface area contributed by atoms with Gasteiger partial charge in [-0.2, -0.15) is 0 Å². The third kappa shape index (κ3) is 3.50. The third-order valence-electron chi connectivity index (χ3n) is 1.59.